The molecule has 0 aromatic heterocycles. The summed E-state index contributed by atoms with van der Waals surface area (Å²) in [6.45, 7) is -1.20. The van der Waals surface area contributed by atoms with E-state index in [0.29, 0.717) is 0 Å². The molecule has 0 aliphatic carbocycles. The van der Waals surface area contributed by atoms with Crippen LogP contribution in [0.25, 0.3) is 0 Å². The van der Waals surface area contributed by atoms with Gasteiger partial charge in [-0.15, -0.1) is 0 Å². The molecular formula is C4H3ClF4. The Kier molecular flexibility index (Phi) is 2.97. The van der Waals surface area contributed by atoms with E-state index in [1.807, 2.05) is 0 Å². The Morgan fingerprint density at radius 3 is 2.00 bits per heavy atom. The minimum atomic E-state index is -4.60. The first-order valence-electron chi connectivity index (χ1n) is 1.97. The highest BCUT2D eigenvalue weighted by Crippen LogP contribution is 2.27. The van der Waals surface area contributed by atoms with Crippen LogP contribution in [-0.4, -0.2) is 12.9 Å². The Morgan fingerprint density at radius 1 is 1.44 bits per heavy atom. The Morgan fingerprint density at radius 2 is 1.89 bits per heavy atom. The quantitative estimate of drug-likeness (QED) is 0.520. The molecule has 54 valence electrons. The van der Waals surface area contributed by atoms with E-state index in [1.165, 1.54) is 0 Å². The van der Waals surface area contributed by atoms with Crippen LogP contribution in [0.2, 0.25) is 0 Å². The molecule has 0 spiro atoms. The van der Waals surface area contributed by atoms with Crippen LogP contribution >= 0.6 is 11.6 Å². The highest BCUT2D eigenvalue weighted by atomic mass is 35.5. The average Bonchev–Trinajstić information content (AvgIpc) is 1.64. The molecular weight excluding hydrogens is 159 g/mol. The summed E-state index contributed by atoms with van der Waals surface area (Å²) in [4.78, 5) is 0. The molecule has 0 heterocycles. The molecule has 0 aromatic carbocycles. The fraction of sp³-hybridized carbons (Fsp3) is 0.500. The predicted octanol–water partition coefficient (Wildman–Crippen LogP) is 2.64. The van der Waals surface area contributed by atoms with Crippen molar-refractivity contribution in [1.82, 2.24) is 0 Å². The first-order valence-corrected chi connectivity index (χ1v) is 2.35. The average molecular weight is 163 g/mol. The second-order valence-electron chi connectivity index (χ2n) is 1.20. The van der Waals surface area contributed by atoms with Gasteiger partial charge in [0, 0.05) is 0 Å². The molecule has 0 saturated carbocycles. The molecule has 0 bridgehead atoms. The zero-order valence-corrected chi connectivity index (χ0v) is 4.93. The third-order valence-electron chi connectivity index (χ3n) is 0.527. The van der Waals surface area contributed by atoms with Crippen LogP contribution in [-0.2, 0) is 0 Å². The van der Waals surface area contributed by atoms with Crippen LogP contribution in [0.1, 0.15) is 0 Å². The van der Waals surface area contributed by atoms with Gasteiger partial charge in [0.2, 0.25) is 0 Å². The van der Waals surface area contributed by atoms with E-state index in [-0.39, 0.29) is 6.08 Å². The number of alkyl halides is 4. The smallest absolute Gasteiger partial charge is 0.247 e. The Hall–Kier alpha value is -0.250. The number of hydrogen-bond donors (Lipinski definition) is 0. The molecule has 0 aliphatic heterocycles. The molecule has 0 aliphatic rings. The van der Waals surface area contributed by atoms with Crippen molar-refractivity contribution in [3.63, 3.8) is 0 Å². The number of hydrogen-bond acceptors (Lipinski definition) is 0. The topological polar surface area (TPSA) is 0 Å². The van der Waals surface area contributed by atoms with Crippen molar-refractivity contribution in [2.45, 2.75) is 6.18 Å². The van der Waals surface area contributed by atoms with Crippen molar-refractivity contribution in [2.24, 2.45) is 0 Å². The van der Waals surface area contributed by atoms with E-state index in [9.17, 15) is 17.6 Å². The van der Waals surface area contributed by atoms with Crippen LogP contribution in [0.15, 0.2) is 11.1 Å². The van der Waals surface area contributed by atoms with E-state index in [0.717, 1.165) is 0 Å². The standard InChI is InChI=1S/C4H3ClF4/c5-3(1-2-6)4(7,8)9/h1H,2H2. The van der Waals surface area contributed by atoms with Gasteiger partial charge in [0.25, 0.3) is 0 Å². The SMILES string of the molecule is FCC=C(Cl)C(F)(F)F. The van der Waals surface area contributed by atoms with Crippen LogP contribution < -0.4 is 0 Å². The Bertz CT molecular complexity index is 114. The molecule has 5 heteroatoms. The summed E-state index contributed by atoms with van der Waals surface area (Å²) in [7, 11) is 0. The van der Waals surface area contributed by atoms with E-state index >= 15 is 0 Å². The summed E-state index contributed by atoms with van der Waals surface area (Å²) in [6.07, 6.45) is -4.34. The zero-order chi connectivity index (χ0) is 7.49. The first-order chi connectivity index (χ1) is 3.98. The van der Waals surface area contributed by atoms with Crippen LogP contribution in [0.4, 0.5) is 17.6 Å². The maximum atomic E-state index is 11.3. The van der Waals surface area contributed by atoms with Gasteiger partial charge in [-0.2, -0.15) is 13.2 Å². The summed E-state index contributed by atoms with van der Waals surface area (Å²) in [5.41, 5.74) is 0. The van der Waals surface area contributed by atoms with E-state index in [1.54, 1.807) is 0 Å². The molecule has 9 heavy (non-hydrogen) atoms. The van der Waals surface area contributed by atoms with E-state index < -0.39 is 17.9 Å². The lowest BCUT2D eigenvalue weighted by Gasteiger charge is -2.01. The first kappa shape index (κ1) is 8.75. The van der Waals surface area contributed by atoms with Gasteiger partial charge in [-0.25, -0.2) is 4.39 Å². The van der Waals surface area contributed by atoms with Crippen molar-refractivity contribution >= 4 is 11.6 Å². The predicted molar refractivity (Wildman–Crippen MR) is 26.0 cm³/mol. The summed E-state index contributed by atoms with van der Waals surface area (Å²) in [5, 5.41) is -1.41. The summed E-state index contributed by atoms with van der Waals surface area (Å²) < 4.78 is 44.9. The van der Waals surface area contributed by atoms with Crippen LogP contribution in [0.3, 0.4) is 0 Å². The molecule has 0 atom stereocenters. The third kappa shape index (κ3) is 3.35. The van der Waals surface area contributed by atoms with Crippen molar-refractivity contribution in [2.75, 3.05) is 6.67 Å². The second kappa shape index (κ2) is 3.06. The zero-order valence-electron chi connectivity index (χ0n) is 4.17. The van der Waals surface area contributed by atoms with Gasteiger partial charge in [-0.3, -0.25) is 0 Å². The fourth-order valence-electron chi connectivity index (χ4n) is 0.183. The number of allylic oxidation sites excluding steroid dienone is 2. The molecule has 0 aromatic rings. The lowest BCUT2D eigenvalue weighted by Crippen LogP contribution is -2.06. The second-order valence-corrected chi connectivity index (χ2v) is 1.61. The number of halogens is 5. The van der Waals surface area contributed by atoms with Gasteiger partial charge in [0.05, 0.1) is 0 Å². The van der Waals surface area contributed by atoms with Gasteiger partial charge in [-0.05, 0) is 6.08 Å². The minimum absolute atomic E-state index is 0.265. The minimum Gasteiger partial charge on any atom is -0.247 e. The van der Waals surface area contributed by atoms with Crippen LogP contribution in [0, 0.1) is 0 Å². The molecule has 0 fully saturated rings. The van der Waals surface area contributed by atoms with Crippen molar-refractivity contribution in [3.8, 4) is 0 Å². The molecule has 0 N–H and O–H groups in total. The number of rotatable bonds is 1. The van der Waals surface area contributed by atoms with E-state index in [2.05, 4.69) is 11.6 Å². The summed E-state index contributed by atoms with van der Waals surface area (Å²) in [6, 6.07) is 0. The van der Waals surface area contributed by atoms with Crippen LogP contribution in [0.5, 0.6) is 0 Å². The monoisotopic (exact) mass is 162 g/mol. The molecule has 0 amide bonds. The molecule has 0 radical (unpaired) electrons. The fourth-order valence-corrected chi connectivity index (χ4v) is 0.242. The molecule has 0 rings (SSSR count). The summed E-state index contributed by atoms with van der Waals surface area (Å²) >= 11 is 4.55. The van der Waals surface area contributed by atoms with Gasteiger partial charge in [0.15, 0.2) is 0 Å². The van der Waals surface area contributed by atoms with Crippen molar-refractivity contribution < 1.29 is 17.6 Å². The highest BCUT2D eigenvalue weighted by Gasteiger charge is 2.31. The Labute approximate surface area is 54.1 Å². The van der Waals surface area contributed by atoms with Gasteiger partial charge in [-0.1, -0.05) is 11.6 Å². The van der Waals surface area contributed by atoms with Crippen molar-refractivity contribution in [1.29, 1.82) is 0 Å². The molecule has 0 nitrogen and oxygen atoms in total. The molecule has 0 unspecified atom stereocenters. The third-order valence-corrected chi connectivity index (χ3v) is 0.896. The normalized spacial score (nSPS) is 14.1. The Balaban J connectivity index is 4.03. The lowest BCUT2D eigenvalue weighted by molar-refractivity contribution is -0.0848. The van der Waals surface area contributed by atoms with E-state index in [4.69, 9.17) is 0 Å². The molecule has 0 saturated heterocycles. The van der Waals surface area contributed by atoms with Crippen molar-refractivity contribution in [3.05, 3.63) is 11.1 Å². The maximum absolute atomic E-state index is 11.3. The highest BCUT2D eigenvalue weighted by molar-refractivity contribution is 6.30. The lowest BCUT2D eigenvalue weighted by atomic mass is 10.5. The maximum Gasteiger partial charge on any atom is 0.426 e. The largest absolute Gasteiger partial charge is 0.426 e. The van der Waals surface area contributed by atoms with Gasteiger partial charge in [0.1, 0.15) is 11.7 Å². The van der Waals surface area contributed by atoms with Gasteiger partial charge < -0.3 is 0 Å². The van der Waals surface area contributed by atoms with Gasteiger partial charge >= 0.3 is 6.18 Å². The summed E-state index contributed by atoms with van der Waals surface area (Å²) in [5.74, 6) is 0.